The molecule has 0 saturated carbocycles. The minimum atomic E-state index is -0.359. The van der Waals surface area contributed by atoms with E-state index in [4.69, 9.17) is 0 Å². The van der Waals surface area contributed by atoms with Gasteiger partial charge in [0.2, 0.25) is 11.8 Å². The van der Waals surface area contributed by atoms with Crippen LogP contribution in [0.25, 0.3) is 0 Å². The van der Waals surface area contributed by atoms with Gasteiger partial charge in [-0.15, -0.1) is 0 Å². The highest BCUT2D eigenvalue weighted by Crippen LogP contribution is 2.18. The average Bonchev–Trinajstić information content (AvgIpc) is 3.25. The molecule has 0 bridgehead atoms. The van der Waals surface area contributed by atoms with Crippen molar-refractivity contribution in [2.45, 2.75) is 149 Å². The summed E-state index contributed by atoms with van der Waals surface area (Å²) in [4.78, 5) is 47.5. The van der Waals surface area contributed by atoms with E-state index >= 15 is 0 Å². The van der Waals surface area contributed by atoms with Crippen LogP contribution in [0.1, 0.15) is 149 Å². The number of carbonyl (C=O) groups is 4. The first kappa shape index (κ1) is 33.3. The molecule has 2 aliphatic heterocycles. The molecule has 0 radical (unpaired) electrons. The monoisotopic (exact) mass is 520 g/mol. The van der Waals surface area contributed by atoms with Crippen LogP contribution in [0.2, 0.25) is 0 Å². The van der Waals surface area contributed by atoms with Crippen molar-refractivity contribution in [3.05, 3.63) is 0 Å². The molecule has 2 atom stereocenters. The van der Waals surface area contributed by atoms with Gasteiger partial charge in [-0.1, -0.05) is 97.3 Å². The van der Waals surface area contributed by atoms with Gasteiger partial charge in [-0.3, -0.25) is 19.2 Å². The normalized spacial score (nSPS) is 20.1. The van der Waals surface area contributed by atoms with Crippen LogP contribution >= 0.6 is 0 Å². The Morgan fingerprint density at radius 1 is 0.568 bits per heavy atom. The van der Waals surface area contributed by atoms with Crippen LogP contribution in [0.15, 0.2) is 0 Å². The van der Waals surface area contributed by atoms with E-state index in [1.807, 2.05) is 0 Å². The van der Waals surface area contributed by atoms with Gasteiger partial charge >= 0.3 is 0 Å². The van der Waals surface area contributed by atoms with Gasteiger partial charge in [-0.25, -0.2) is 0 Å². The maximum absolute atomic E-state index is 12.0. The summed E-state index contributed by atoms with van der Waals surface area (Å²) < 4.78 is 0. The molecule has 2 unspecified atom stereocenters. The van der Waals surface area contributed by atoms with Gasteiger partial charge < -0.3 is 10.6 Å². The van der Waals surface area contributed by atoms with Crippen molar-refractivity contribution in [2.75, 3.05) is 13.1 Å². The number of carbonyl (C=O) groups excluding carboxylic acids is 4. The zero-order chi connectivity index (χ0) is 27.1. The molecule has 0 aromatic rings. The fraction of sp³-hybridized carbons (Fsp3) is 0.871. The number of Topliss-reactive ketones (excluding diaryl/α,β-unsaturated/α-hetero) is 2. The molecular formula is C31H56N2O4. The Labute approximate surface area is 226 Å². The summed E-state index contributed by atoms with van der Waals surface area (Å²) in [6.07, 6.45) is 22.3. The van der Waals surface area contributed by atoms with E-state index in [0.717, 1.165) is 77.3 Å². The third-order valence-electron chi connectivity index (χ3n) is 7.65. The maximum Gasteiger partial charge on any atom is 0.230 e. The molecule has 0 aliphatic carbocycles. The molecule has 6 nitrogen and oxygen atoms in total. The molecule has 2 amide bonds. The minimum absolute atomic E-state index is 0.0366. The highest BCUT2D eigenvalue weighted by atomic mass is 16.2. The number of nitrogens with one attached hydrogen (secondary N) is 2. The van der Waals surface area contributed by atoms with Crippen LogP contribution in [0.3, 0.4) is 0 Å². The molecular weight excluding hydrogens is 464 g/mol. The van der Waals surface area contributed by atoms with E-state index < -0.39 is 0 Å². The quantitative estimate of drug-likeness (QED) is 0.162. The zero-order valence-corrected chi connectivity index (χ0v) is 24.1. The summed E-state index contributed by atoms with van der Waals surface area (Å²) in [5.41, 5.74) is 0. The zero-order valence-electron chi connectivity index (χ0n) is 24.1. The molecule has 2 rings (SSSR count). The van der Waals surface area contributed by atoms with E-state index in [1.54, 1.807) is 0 Å². The molecule has 2 N–H and O–H groups in total. The molecule has 6 heteroatoms. The summed E-state index contributed by atoms with van der Waals surface area (Å²) in [5.74, 6) is -0.475. The van der Waals surface area contributed by atoms with Gasteiger partial charge in [0, 0.05) is 25.9 Å². The van der Waals surface area contributed by atoms with Gasteiger partial charge in [0.1, 0.15) is 11.6 Å². The number of hydrogen-bond donors (Lipinski definition) is 2. The number of unbranched alkanes of at least 4 members (excludes halogenated alkanes) is 11. The Morgan fingerprint density at radius 3 is 1.30 bits per heavy atom. The molecule has 0 aromatic heterocycles. The summed E-state index contributed by atoms with van der Waals surface area (Å²) in [5, 5.41) is 5.67. The van der Waals surface area contributed by atoms with Crippen LogP contribution < -0.4 is 10.6 Å². The predicted molar refractivity (Wildman–Crippen MR) is 151 cm³/mol. The molecule has 2 fully saturated rings. The molecule has 0 aromatic carbocycles. The maximum atomic E-state index is 12.0. The average molecular weight is 521 g/mol. The Hall–Kier alpha value is -1.72. The third kappa shape index (κ3) is 16.0. The van der Waals surface area contributed by atoms with Gasteiger partial charge in [0.15, 0.2) is 0 Å². The van der Waals surface area contributed by atoms with E-state index in [1.165, 1.54) is 57.8 Å². The standard InChI is InChI=1S/C16H29NO2.C15H27NO2/c1-2-3-4-5-6-7-8-12-15(18)14-11-9-10-13-17-16(14)19;1-2-3-4-5-6-7-11-14(17)13-10-8-9-12-16-15(13)18/h14H,2-13H2,1H3,(H,17,19);13H,2-12H2,1H3,(H,16,18). The lowest BCUT2D eigenvalue weighted by atomic mass is 9.94. The summed E-state index contributed by atoms with van der Waals surface area (Å²) in [6.45, 7) is 5.89. The van der Waals surface area contributed by atoms with Gasteiger partial charge in [0.25, 0.3) is 0 Å². The van der Waals surface area contributed by atoms with Crippen molar-refractivity contribution in [3.8, 4) is 0 Å². The van der Waals surface area contributed by atoms with Crippen molar-refractivity contribution in [2.24, 2.45) is 11.8 Å². The first-order chi connectivity index (χ1) is 18.0. The molecule has 214 valence electrons. The molecule has 2 aliphatic rings. The molecule has 2 heterocycles. The van der Waals surface area contributed by atoms with E-state index in [2.05, 4.69) is 24.5 Å². The number of ketones is 2. The first-order valence-electron chi connectivity index (χ1n) is 15.6. The van der Waals surface area contributed by atoms with Crippen LogP contribution in [-0.4, -0.2) is 36.5 Å². The molecule has 0 spiro atoms. The van der Waals surface area contributed by atoms with Crippen molar-refractivity contribution < 1.29 is 19.2 Å². The van der Waals surface area contributed by atoms with Crippen molar-refractivity contribution in [3.63, 3.8) is 0 Å². The topological polar surface area (TPSA) is 92.3 Å². The lowest BCUT2D eigenvalue weighted by Crippen LogP contribution is -2.33. The van der Waals surface area contributed by atoms with E-state index in [9.17, 15) is 19.2 Å². The predicted octanol–water partition coefficient (Wildman–Crippen LogP) is 6.83. The van der Waals surface area contributed by atoms with Gasteiger partial charge in [-0.2, -0.15) is 0 Å². The van der Waals surface area contributed by atoms with Crippen LogP contribution in [0.5, 0.6) is 0 Å². The Bertz CT molecular complexity index is 649. The third-order valence-corrected chi connectivity index (χ3v) is 7.65. The van der Waals surface area contributed by atoms with E-state index in [-0.39, 0.29) is 35.2 Å². The summed E-state index contributed by atoms with van der Waals surface area (Å²) >= 11 is 0. The minimum Gasteiger partial charge on any atom is -0.355 e. The van der Waals surface area contributed by atoms with Gasteiger partial charge in [0.05, 0.1) is 11.8 Å². The van der Waals surface area contributed by atoms with Crippen molar-refractivity contribution in [1.82, 2.24) is 10.6 Å². The second-order valence-electron chi connectivity index (χ2n) is 11.0. The SMILES string of the molecule is CCCCCCCCC(=O)C1CCCCNC1=O.CCCCCCCCCC(=O)C1CCCCNC1=O. The molecule has 37 heavy (non-hydrogen) atoms. The first-order valence-corrected chi connectivity index (χ1v) is 15.6. The second kappa shape index (κ2) is 22.3. The second-order valence-corrected chi connectivity index (χ2v) is 11.0. The number of hydrogen-bond acceptors (Lipinski definition) is 4. The summed E-state index contributed by atoms with van der Waals surface area (Å²) in [7, 11) is 0. The smallest absolute Gasteiger partial charge is 0.230 e. The fourth-order valence-electron chi connectivity index (χ4n) is 5.18. The lowest BCUT2D eigenvalue weighted by Gasteiger charge is -2.11. The highest BCUT2D eigenvalue weighted by Gasteiger charge is 2.27. The Morgan fingerprint density at radius 2 is 0.919 bits per heavy atom. The molecule has 2 saturated heterocycles. The van der Waals surface area contributed by atoms with Crippen molar-refractivity contribution >= 4 is 23.4 Å². The van der Waals surface area contributed by atoms with Crippen molar-refractivity contribution in [1.29, 1.82) is 0 Å². The Kier molecular flexibility index (Phi) is 20.1. The largest absolute Gasteiger partial charge is 0.355 e. The van der Waals surface area contributed by atoms with Crippen LogP contribution in [0, 0.1) is 11.8 Å². The number of amides is 2. The van der Waals surface area contributed by atoms with E-state index in [0.29, 0.717) is 12.8 Å². The fourth-order valence-corrected chi connectivity index (χ4v) is 5.18. The summed E-state index contributed by atoms with van der Waals surface area (Å²) in [6, 6.07) is 0. The number of rotatable bonds is 17. The van der Waals surface area contributed by atoms with Crippen LogP contribution in [0.4, 0.5) is 0 Å². The lowest BCUT2D eigenvalue weighted by molar-refractivity contribution is -0.135. The highest BCUT2D eigenvalue weighted by molar-refractivity contribution is 6.02. The van der Waals surface area contributed by atoms with Gasteiger partial charge in [-0.05, 0) is 38.5 Å². The van der Waals surface area contributed by atoms with Crippen LogP contribution in [-0.2, 0) is 19.2 Å². The Balaban J connectivity index is 0.000000371.